The second-order valence-corrected chi connectivity index (χ2v) is 3.12. The Morgan fingerprint density at radius 1 is 1.30 bits per heavy atom. The fourth-order valence-electron chi connectivity index (χ4n) is 1.66. The van der Waals surface area contributed by atoms with Crippen LogP contribution >= 0.6 is 0 Å². The summed E-state index contributed by atoms with van der Waals surface area (Å²) in [5.74, 6) is 0. The molecule has 58 valence electrons. The zero-order valence-electron chi connectivity index (χ0n) is 6.06. The van der Waals surface area contributed by atoms with Crippen LogP contribution in [0.2, 0.25) is 0 Å². The van der Waals surface area contributed by atoms with E-state index in [9.17, 15) is 0 Å². The summed E-state index contributed by atoms with van der Waals surface area (Å²) in [7, 11) is 0. The first-order valence-corrected chi connectivity index (χ1v) is 3.93. The highest BCUT2D eigenvalue weighted by Crippen LogP contribution is 2.29. The van der Waals surface area contributed by atoms with Crippen LogP contribution in [-0.2, 0) is 9.78 Å². The second-order valence-electron chi connectivity index (χ2n) is 3.12. The third-order valence-electron chi connectivity index (χ3n) is 2.31. The van der Waals surface area contributed by atoms with Crippen molar-refractivity contribution in [2.75, 3.05) is 19.7 Å². The Kier molecular flexibility index (Phi) is 1.64. The van der Waals surface area contributed by atoms with E-state index in [0.717, 1.165) is 32.5 Å². The summed E-state index contributed by atoms with van der Waals surface area (Å²) < 4.78 is 0. The van der Waals surface area contributed by atoms with E-state index in [1.165, 1.54) is 6.42 Å². The van der Waals surface area contributed by atoms with Gasteiger partial charge in [0.1, 0.15) is 5.60 Å². The molecule has 2 heterocycles. The van der Waals surface area contributed by atoms with Crippen LogP contribution in [0, 0.1) is 0 Å². The highest BCUT2D eigenvalue weighted by atomic mass is 17.2. The smallest absolute Gasteiger partial charge is 0.118 e. The van der Waals surface area contributed by atoms with Gasteiger partial charge in [0.25, 0.3) is 0 Å². The fourth-order valence-corrected chi connectivity index (χ4v) is 1.66. The molecule has 0 saturated carbocycles. The molecule has 3 heteroatoms. The van der Waals surface area contributed by atoms with Gasteiger partial charge in [-0.25, -0.2) is 9.78 Å². The van der Waals surface area contributed by atoms with Crippen molar-refractivity contribution in [2.24, 2.45) is 0 Å². The van der Waals surface area contributed by atoms with E-state index in [1.807, 2.05) is 0 Å². The molecule has 1 N–H and O–H groups in total. The predicted octanol–water partition coefficient (Wildman–Crippen LogP) is 0.460. The van der Waals surface area contributed by atoms with Gasteiger partial charge < -0.3 is 5.32 Å². The van der Waals surface area contributed by atoms with E-state index in [0.29, 0.717) is 0 Å². The van der Waals surface area contributed by atoms with Crippen molar-refractivity contribution in [3.8, 4) is 0 Å². The van der Waals surface area contributed by atoms with Gasteiger partial charge in [-0.15, -0.1) is 0 Å². The summed E-state index contributed by atoms with van der Waals surface area (Å²) in [5, 5.41) is 3.31. The molecule has 0 bridgehead atoms. The fraction of sp³-hybridized carbons (Fsp3) is 1.00. The summed E-state index contributed by atoms with van der Waals surface area (Å²) in [6.45, 7) is 2.86. The molecule has 2 rings (SSSR count). The quantitative estimate of drug-likeness (QED) is 0.500. The van der Waals surface area contributed by atoms with Gasteiger partial charge in [-0.1, -0.05) is 0 Å². The van der Waals surface area contributed by atoms with E-state index in [1.54, 1.807) is 0 Å². The summed E-state index contributed by atoms with van der Waals surface area (Å²) in [6.07, 6.45) is 3.42. The Bertz CT molecular complexity index is 113. The van der Waals surface area contributed by atoms with E-state index in [4.69, 9.17) is 9.78 Å². The highest BCUT2D eigenvalue weighted by Gasteiger charge is 2.38. The molecule has 0 aliphatic carbocycles. The average molecular weight is 143 g/mol. The van der Waals surface area contributed by atoms with Crippen LogP contribution in [0.5, 0.6) is 0 Å². The third-order valence-corrected chi connectivity index (χ3v) is 2.31. The Morgan fingerprint density at radius 2 is 2.30 bits per heavy atom. The largest absolute Gasteiger partial charge is 0.314 e. The summed E-state index contributed by atoms with van der Waals surface area (Å²) in [6, 6.07) is 0. The van der Waals surface area contributed by atoms with Gasteiger partial charge in [0, 0.05) is 13.0 Å². The lowest BCUT2D eigenvalue weighted by Gasteiger charge is -2.30. The first-order valence-electron chi connectivity index (χ1n) is 3.93. The van der Waals surface area contributed by atoms with Crippen molar-refractivity contribution in [3.63, 3.8) is 0 Å². The third kappa shape index (κ3) is 1.05. The average Bonchev–Trinajstić information content (AvgIpc) is 2.39. The summed E-state index contributed by atoms with van der Waals surface area (Å²) in [4.78, 5) is 10.1. The molecule has 0 amide bonds. The molecule has 0 aromatic heterocycles. The first kappa shape index (κ1) is 6.58. The molecule has 2 aliphatic heterocycles. The monoisotopic (exact) mass is 143 g/mol. The Hall–Kier alpha value is -0.120. The van der Waals surface area contributed by atoms with Gasteiger partial charge in [-0.2, -0.15) is 0 Å². The van der Waals surface area contributed by atoms with E-state index in [2.05, 4.69) is 5.32 Å². The van der Waals surface area contributed by atoms with Crippen LogP contribution < -0.4 is 5.32 Å². The molecule has 0 aromatic carbocycles. The molecule has 2 aliphatic rings. The SMILES string of the molecule is C1CNCC2(C1)CCOO2. The van der Waals surface area contributed by atoms with Crippen LogP contribution in [-0.4, -0.2) is 25.3 Å². The standard InChI is InChI=1S/C7H13NO2/c1-2-7(6-8-4-1)3-5-9-10-7/h8H,1-6H2. The number of nitrogens with one attached hydrogen (secondary N) is 1. The van der Waals surface area contributed by atoms with Gasteiger partial charge in [0.05, 0.1) is 6.61 Å². The van der Waals surface area contributed by atoms with Crippen molar-refractivity contribution in [1.29, 1.82) is 0 Å². The van der Waals surface area contributed by atoms with Crippen LogP contribution in [0.15, 0.2) is 0 Å². The molecule has 3 nitrogen and oxygen atoms in total. The van der Waals surface area contributed by atoms with Gasteiger partial charge in [0.15, 0.2) is 0 Å². The van der Waals surface area contributed by atoms with Crippen molar-refractivity contribution >= 4 is 0 Å². The number of rotatable bonds is 0. The molecule has 2 fully saturated rings. The van der Waals surface area contributed by atoms with Crippen molar-refractivity contribution in [1.82, 2.24) is 5.32 Å². The lowest BCUT2D eigenvalue weighted by Crippen LogP contribution is -2.44. The van der Waals surface area contributed by atoms with E-state index in [-0.39, 0.29) is 5.60 Å². The van der Waals surface area contributed by atoms with Gasteiger partial charge >= 0.3 is 0 Å². The highest BCUT2D eigenvalue weighted by molar-refractivity contribution is 4.87. The van der Waals surface area contributed by atoms with Crippen molar-refractivity contribution in [2.45, 2.75) is 24.9 Å². The summed E-state index contributed by atoms with van der Waals surface area (Å²) >= 11 is 0. The van der Waals surface area contributed by atoms with Gasteiger partial charge in [0.2, 0.25) is 0 Å². The lowest BCUT2D eigenvalue weighted by atomic mass is 9.92. The number of hydrogen-bond acceptors (Lipinski definition) is 3. The Balaban J connectivity index is 1.98. The molecule has 0 aromatic rings. The zero-order valence-corrected chi connectivity index (χ0v) is 6.06. The molecule has 1 spiro atoms. The normalized spacial score (nSPS) is 40.8. The van der Waals surface area contributed by atoms with Crippen LogP contribution in [0.25, 0.3) is 0 Å². The molecule has 10 heavy (non-hydrogen) atoms. The zero-order chi connectivity index (χ0) is 6.86. The maximum atomic E-state index is 5.22. The minimum Gasteiger partial charge on any atom is -0.314 e. The molecular formula is C7H13NO2. The molecule has 1 atom stereocenters. The topological polar surface area (TPSA) is 30.5 Å². The Labute approximate surface area is 60.6 Å². The Morgan fingerprint density at radius 3 is 2.90 bits per heavy atom. The second kappa shape index (κ2) is 2.49. The van der Waals surface area contributed by atoms with Crippen LogP contribution in [0.4, 0.5) is 0 Å². The lowest BCUT2D eigenvalue weighted by molar-refractivity contribution is -0.310. The first-order chi connectivity index (χ1) is 4.91. The predicted molar refractivity (Wildman–Crippen MR) is 36.5 cm³/mol. The summed E-state index contributed by atoms with van der Waals surface area (Å²) in [5.41, 5.74) is 0.0399. The van der Waals surface area contributed by atoms with Crippen molar-refractivity contribution < 1.29 is 9.78 Å². The number of hydrogen-bond donors (Lipinski definition) is 1. The van der Waals surface area contributed by atoms with E-state index >= 15 is 0 Å². The minimum atomic E-state index is 0.0399. The molecule has 2 saturated heterocycles. The molecular weight excluding hydrogens is 130 g/mol. The molecule has 1 unspecified atom stereocenters. The molecule has 0 radical (unpaired) electrons. The van der Waals surface area contributed by atoms with Crippen LogP contribution in [0.1, 0.15) is 19.3 Å². The van der Waals surface area contributed by atoms with Crippen LogP contribution in [0.3, 0.4) is 0 Å². The maximum Gasteiger partial charge on any atom is 0.118 e. The number of piperidine rings is 1. The van der Waals surface area contributed by atoms with Crippen molar-refractivity contribution in [3.05, 3.63) is 0 Å². The van der Waals surface area contributed by atoms with Gasteiger partial charge in [-0.05, 0) is 19.4 Å². The maximum absolute atomic E-state index is 5.22. The minimum absolute atomic E-state index is 0.0399. The van der Waals surface area contributed by atoms with E-state index < -0.39 is 0 Å². The van der Waals surface area contributed by atoms with Gasteiger partial charge in [-0.3, -0.25) is 0 Å².